The van der Waals surface area contributed by atoms with Crippen LogP contribution in [0.3, 0.4) is 0 Å². The number of allylic oxidation sites excluding steroid dienone is 1. The topological polar surface area (TPSA) is 12.4 Å². The van der Waals surface area contributed by atoms with E-state index in [1.807, 2.05) is 12.3 Å². The summed E-state index contributed by atoms with van der Waals surface area (Å²) in [4.78, 5) is 4.63. The molecule has 0 radical (unpaired) electrons. The summed E-state index contributed by atoms with van der Waals surface area (Å²) in [5, 5.41) is 0. The van der Waals surface area contributed by atoms with E-state index in [0.29, 0.717) is 0 Å². The molecule has 1 fully saturated rings. The first-order chi connectivity index (χ1) is 12.2. The Morgan fingerprint density at radius 2 is 1.64 bits per heavy atom. The van der Waals surface area contributed by atoms with Crippen molar-refractivity contribution < 1.29 is 0 Å². The van der Waals surface area contributed by atoms with Crippen LogP contribution < -0.4 is 0 Å². The third-order valence-corrected chi connectivity index (χ3v) is 5.36. The smallest absolute Gasteiger partial charge is 0.0630 e. The standard InChI is InChI=1S/C24H29N/c1-3-4-5-20-8-10-21(11-9-20)18-25-24-16-14-23(15-17-24)22-12-6-19(2)7-13-22/h3,8-11,14-19,22H,1,4-7,12-13H2,2H3. The lowest BCUT2D eigenvalue weighted by atomic mass is 9.79. The summed E-state index contributed by atoms with van der Waals surface area (Å²) >= 11 is 0. The number of nitrogens with zero attached hydrogens (tertiary/aromatic N) is 1. The molecule has 0 aromatic heterocycles. The van der Waals surface area contributed by atoms with Crippen molar-refractivity contribution in [3.63, 3.8) is 0 Å². The van der Waals surface area contributed by atoms with Crippen molar-refractivity contribution in [2.45, 2.75) is 51.4 Å². The van der Waals surface area contributed by atoms with Crippen molar-refractivity contribution in [3.8, 4) is 0 Å². The van der Waals surface area contributed by atoms with Crippen molar-refractivity contribution >= 4 is 11.9 Å². The van der Waals surface area contributed by atoms with E-state index in [1.54, 1.807) is 0 Å². The first-order valence-electron chi connectivity index (χ1n) is 9.58. The van der Waals surface area contributed by atoms with Crippen molar-refractivity contribution in [2.75, 3.05) is 0 Å². The predicted octanol–water partition coefficient (Wildman–Crippen LogP) is 6.85. The zero-order chi connectivity index (χ0) is 17.5. The minimum Gasteiger partial charge on any atom is -0.256 e. The van der Waals surface area contributed by atoms with E-state index in [0.717, 1.165) is 35.9 Å². The van der Waals surface area contributed by atoms with Crippen molar-refractivity contribution in [3.05, 3.63) is 77.9 Å². The van der Waals surface area contributed by atoms with Crippen LogP contribution in [0.25, 0.3) is 0 Å². The minimum atomic E-state index is 0.748. The lowest BCUT2D eigenvalue weighted by Crippen LogP contribution is -2.10. The maximum Gasteiger partial charge on any atom is 0.0630 e. The summed E-state index contributed by atoms with van der Waals surface area (Å²) in [7, 11) is 0. The van der Waals surface area contributed by atoms with Crippen molar-refractivity contribution in [2.24, 2.45) is 10.9 Å². The molecular formula is C24H29N. The van der Waals surface area contributed by atoms with Gasteiger partial charge in [-0.05, 0) is 66.3 Å². The van der Waals surface area contributed by atoms with Crippen LogP contribution in [-0.4, -0.2) is 6.21 Å². The Balaban J connectivity index is 1.59. The number of benzene rings is 2. The van der Waals surface area contributed by atoms with Crippen LogP contribution in [0.5, 0.6) is 0 Å². The highest BCUT2D eigenvalue weighted by Crippen LogP contribution is 2.35. The van der Waals surface area contributed by atoms with E-state index in [4.69, 9.17) is 0 Å². The van der Waals surface area contributed by atoms with Crippen molar-refractivity contribution in [1.29, 1.82) is 0 Å². The maximum atomic E-state index is 4.63. The van der Waals surface area contributed by atoms with Gasteiger partial charge in [0, 0.05) is 6.21 Å². The normalized spacial score (nSPS) is 20.7. The Bertz CT molecular complexity index is 686. The van der Waals surface area contributed by atoms with Gasteiger partial charge in [-0.3, -0.25) is 4.99 Å². The zero-order valence-corrected chi connectivity index (χ0v) is 15.3. The van der Waals surface area contributed by atoms with Gasteiger partial charge in [0.05, 0.1) is 5.69 Å². The summed E-state index contributed by atoms with van der Waals surface area (Å²) in [6, 6.07) is 17.5. The molecule has 3 rings (SSSR count). The second-order valence-corrected chi connectivity index (χ2v) is 7.38. The molecule has 25 heavy (non-hydrogen) atoms. The van der Waals surface area contributed by atoms with Crippen LogP contribution in [0, 0.1) is 5.92 Å². The summed E-state index contributed by atoms with van der Waals surface area (Å²) < 4.78 is 0. The predicted molar refractivity (Wildman–Crippen MR) is 109 cm³/mol. The van der Waals surface area contributed by atoms with Gasteiger partial charge in [0.1, 0.15) is 0 Å². The van der Waals surface area contributed by atoms with E-state index in [-0.39, 0.29) is 0 Å². The van der Waals surface area contributed by atoms with Crippen LogP contribution in [0.2, 0.25) is 0 Å². The molecule has 0 unspecified atom stereocenters. The Hall–Kier alpha value is -2.15. The molecule has 1 aliphatic carbocycles. The molecule has 0 bridgehead atoms. The van der Waals surface area contributed by atoms with Crippen LogP contribution in [0.15, 0.2) is 66.2 Å². The molecule has 2 aromatic rings. The maximum absolute atomic E-state index is 4.63. The third-order valence-electron chi connectivity index (χ3n) is 5.36. The van der Waals surface area contributed by atoms with Gasteiger partial charge >= 0.3 is 0 Å². The second-order valence-electron chi connectivity index (χ2n) is 7.38. The lowest BCUT2D eigenvalue weighted by molar-refractivity contribution is 0.348. The highest BCUT2D eigenvalue weighted by Gasteiger charge is 2.19. The van der Waals surface area contributed by atoms with Gasteiger partial charge in [-0.2, -0.15) is 0 Å². The number of aryl methyl sites for hydroxylation is 1. The van der Waals surface area contributed by atoms with Crippen LogP contribution in [0.1, 0.15) is 61.6 Å². The largest absolute Gasteiger partial charge is 0.256 e. The minimum absolute atomic E-state index is 0.748. The molecule has 130 valence electrons. The van der Waals surface area contributed by atoms with Gasteiger partial charge in [0.15, 0.2) is 0 Å². The number of hydrogen-bond donors (Lipinski definition) is 0. The number of rotatable bonds is 6. The molecule has 0 heterocycles. The van der Waals surface area contributed by atoms with Crippen LogP contribution in [0.4, 0.5) is 5.69 Å². The Morgan fingerprint density at radius 3 is 2.28 bits per heavy atom. The van der Waals surface area contributed by atoms with Gasteiger partial charge in [-0.25, -0.2) is 0 Å². The van der Waals surface area contributed by atoms with E-state index in [1.165, 1.54) is 36.8 Å². The van der Waals surface area contributed by atoms with Gasteiger partial charge in [-0.15, -0.1) is 6.58 Å². The SMILES string of the molecule is C=CCCc1ccc(C=Nc2ccc(C3CCC(C)CC3)cc2)cc1. The van der Waals surface area contributed by atoms with Crippen molar-refractivity contribution in [1.82, 2.24) is 0 Å². The Labute approximate surface area is 152 Å². The first-order valence-corrected chi connectivity index (χ1v) is 9.58. The summed E-state index contributed by atoms with van der Waals surface area (Å²) in [6.07, 6.45) is 11.4. The average Bonchev–Trinajstić information content (AvgIpc) is 2.67. The highest BCUT2D eigenvalue weighted by molar-refractivity contribution is 5.81. The third kappa shape index (κ3) is 5.16. The molecule has 1 aliphatic rings. The molecule has 0 spiro atoms. The molecule has 0 atom stereocenters. The molecular weight excluding hydrogens is 302 g/mol. The number of hydrogen-bond acceptors (Lipinski definition) is 1. The Kier molecular flexibility index (Phi) is 6.22. The van der Waals surface area contributed by atoms with E-state index in [2.05, 4.69) is 67.0 Å². The van der Waals surface area contributed by atoms with E-state index >= 15 is 0 Å². The Morgan fingerprint density at radius 1 is 0.960 bits per heavy atom. The molecule has 0 saturated heterocycles. The molecule has 2 aromatic carbocycles. The van der Waals surface area contributed by atoms with Gasteiger partial charge in [0.2, 0.25) is 0 Å². The average molecular weight is 332 g/mol. The quantitative estimate of drug-likeness (QED) is 0.405. The van der Waals surface area contributed by atoms with E-state index < -0.39 is 0 Å². The highest BCUT2D eigenvalue weighted by atomic mass is 14.7. The van der Waals surface area contributed by atoms with Gasteiger partial charge in [0.25, 0.3) is 0 Å². The van der Waals surface area contributed by atoms with Crippen LogP contribution >= 0.6 is 0 Å². The first kappa shape index (κ1) is 17.7. The summed E-state index contributed by atoms with van der Waals surface area (Å²) in [6.45, 7) is 6.15. The lowest BCUT2D eigenvalue weighted by Gasteiger charge is -2.26. The molecule has 1 nitrogen and oxygen atoms in total. The fourth-order valence-corrected chi connectivity index (χ4v) is 3.61. The molecule has 0 N–H and O–H groups in total. The monoisotopic (exact) mass is 331 g/mol. The second kappa shape index (κ2) is 8.80. The summed E-state index contributed by atoms with van der Waals surface area (Å²) in [5.74, 6) is 1.65. The molecule has 0 aliphatic heterocycles. The summed E-state index contributed by atoms with van der Waals surface area (Å²) in [5.41, 5.74) is 5.01. The van der Waals surface area contributed by atoms with Gasteiger partial charge in [-0.1, -0.05) is 62.2 Å². The number of aliphatic imine (C=N–C) groups is 1. The van der Waals surface area contributed by atoms with Crippen LogP contribution in [-0.2, 0) is 6.42 Å². The molecule has 0 amide bonds. The molecule has 1 saturated carbocycles. The molecule has 1 heteroatoms. The van der Waals surface area contributed by atoms with Gasteiger partial charge < -0.3 is 0 Å². The fourth-order valence-electron chi connectivity index (χ4n) is 3.61. The zero-order valence-electron chi connectivity index (χ0n) is 15.3. The van der Waals surface area contributed by atoms with E-state index in [9.17, 15) is 0 Å². The fraction of sp³-hybridized carbons (Fsp3) is 0.375.